The van der Waals surface area contributed by atoms with Gasteiger partial charge in [-0.1, -0.05) is 96.9 Å². The van der Waals surface area contributed by atoms with E-state index in [0.717, 1.165) is 35.5 Å². The van der Waals surface area contributed by atoms with Crippen molar-refractivity contribution in [2.45, 2.75) is 96.9 Å². The third-order valence-corrected chi connectivity index (χ3v) is 3.44. The van der Waals surface area contributed by atoms with E-state index in [4.69, 9.17) is 0 Å². The lowest BCUT2D eigenvalue weighted by Gasteiger charge is -2.18. The summed E-state index contributed by atoms with van der Waals surface area (Å²) in [5.41, 5.74) is 0. The number of hydrogen-bond donors (Lipinski definition) is 0. The molecule has 0 aliphatic carbocycles. The van der Waals surface area contributed by atoms with Crippen LogP contribution in [0.1, 0.15) is 96.9 Å². The second kappa shape index (κ2) is 19.0. The van der Waals surface area contributed by atoms with E-state index < -0.39 is 0 Å². The van der Waals surface area contributed by atoms with E-state index in [2.05, 4.69) is 83.1 Å². The molecule has 0 radical (unpaired) electrons. The van der Waals surface area contributed by atoms with Gasteiger partial charge in [0, 0.05) is 0 Å². The molecule has 0 saturated carbocycles. The average Bonchev–Trinajstić information content (AvgIpc) is 2.30. The molecule has 0 fully saturated rings. The maximum Gasteiger partial charge on any atom is -0.0396 e. The molecular weight excluding hydrogens is 240 g/mol. The van der Waals surface area contributed by atoms with Crippen molar-refractivity contribution in [3.05, 3.63) is 0 Å². The zero-order chi connectivity index (χ0) is 17.5. The van der Waals surface area contributed by atoms with Crippen LogP contribution >= 0.6 is 0 Å². The van der Waals surface area contributed by atoms with Gasteiger partial charge in [-0.2, -0.15) is 0 Å². The maximum atomic E-state index is 2.31. The van der Waals surface area contributed by atoms with Gasteiger partial charge in [0.25, 0.3) is 0 Å². The van der Waals surface area contributed by atoms with Crippen LogP contribution in [0.4, 0.5) is 0 Å². The van der Waals surface area contributed by atoms with Gasteiger partial charge >= 0.3 is 0 Å². The maximum absolute atomic E-state index is 2.31. The third kappa shape index (κ3) is 36.1. The Morgan fingerprint density at radius 2 is 0.500 bits per heavy atom. The molecule has 0 N–H and O–H groups in total. The quantitative estimate of drug-likeness (QED) is 0.494. The topological polar surface area (TPSA) is 0 Å². The van der Waals surface area contributed by atoms with Gasteiger partial charge in [-0.3, -0.25) is 0 Å². The first-order valence-electron chi connectivity index (χ1n) is 8.93. The molecule has 0 rings (SSSR count). The molecule has 0 aromatic heterocycles. The third-order valence-electron chi connectivity index (χ3n) is 3.44. The van der Waals surface area contributed by atoms with Crippen LogP contribution in [-0.4, -0.2) is 0 Å². The van der Waals surface area contributed by atoms with Crippen LogP contribution in [0.25, 0.3) is 0 Å². The Balaban J connectivity index is -0.0000000947. The highest BCUT2D eigenvalue weighted by molar-refractivity contribution is 4.59. The Labute approximate surface area is 133 Å². The lowest BCUT2D eigenvalue weighted by molar-refractivity contribution is 0.316. The van der Waals surface area contributed by atoms with E-state index in [1.54, 1.807) is 0 Å². The largest absolute Gasteiger partial charge is 0.0683 e. The van der Waals surface area contributed by atoms with E-state index in [-0.39, 0.29) is 0 Å². The van der Waals surface area contributed by atoms with Gasteiger partial charge in [0.05, 0.1) is 0 Å². The van der Waals surface area contributed by atoms with Crippen LogP contribution in [0.3, 0.4) is 0 Å². The van der Waals surface area contributed by atoms with Crippen LogP contribution in [0.15, 0.2) is 0 Å². The summed E-state index contributed by atoms with van der Waals surface area (Å²) in [6.45, 7) is 30.9. The summed E-state index contributed by atoms with van der Waals surface area (Å²) in [6.07, 6.45) is 0. The molecule has 0 bridgehead atoms. The highest BCUT2D eigenvalue weighted by Gasteiger charge is 2.09. The molecule has 20 heavy (non-hydrogen) atoms. The van der Waals surface area contributed by atoms with Gasteiger partial charge in [-0.15, -0.1) is 0 Å². The lowest BCUT2D eigenvalue weighted by Crippen LogP contribution is -2.10. The standard InChI is InChI=1S/C8H18.C6H14.C4H10.C2H6/c1-6(2)8(5)7(3)4;1-5(2)6(3)4;1-4(2)3;1-2/h6-8H,1-5H3;5-6H,1-4H3;4H,1-3H3;1-2H3. The summed E-state index contributed by atoms with van der Waals surface area (Å²) in [7, 11) is 0. The van der Waals surface area contributed by atoms with Gasteiger partial charge in [-0.25, -0.2) is 0 Å². The van der Waals surface area contributed by atoms with Gasteiger partial charge in [0.1, 0.15) is 0 Å². The summed E-state index contributed by atoms with van der Waals surface area (Å²) in [5.74, 6) is 5.09. The van der Waals surface area contributed by atoms with E-state index >= 15 is 0 Å². The Hall–Kier alpha value is 0. The zero-order valence-corrected chi connectivity index (χ0v) is 17.5. The number of rotatable bonds is 3. The van der Waals surface area contributed by atoms with Crippen LogP contribution in [-0.2, 0) is 0 Å². The van der Waals surface area contributed by atoms with Crippen molar-refractivity contribution in [2.24, 2.45) is 35.5 Å². The summed E-state index contributed by atoms with van der Waals surface area (Å²) < 4.78 is 0. The minimum Gasteiger partial charge on any atom is -0.0683 e. The average molecular weight is 289 g/mol. The Kier molecular flexibility index (Phi) is 26.8. The van der Waals surface area contributed by atoms with Crippen molar-refractivity contribution < 1.29 is 0 Å². The number of hydrogen-bond acceptors (Lipinski definition) is 0. The molecule has 0 heterocycles. The molecule has 0 unspecified atom stereocenters. The SMILES string of the molecule is CC.CC(C)C.CC(C)C(C)C.CC(C)C(C)C(C)C. The van der Waals surface area contributed by atoms with Gasteiger partial charge in [-0.05, 0) is 35.5 Å². The minimum atomic E-state index is 0.833. The molecule has 0 aromatic rings. The van der Waals surface area contributed by atoms with Crippen LogP contribution < -0.4 is 0 Å². The monoisotopic (exact) mass is 288 g/mol. The minimum absolute atomic E-state index is 0.833. The predicted molar refractivity (Wildman–Crippen MR) is 100 cm³/mol. The van der Waals surface area contributed by atoms with Gasteiger partial charge < -0.3 is 0 Å². The van der Waals surface area contributed by atoms with Crippen molar-refractivity contribution in [3.8, 4) is 0 Å². The summed E-state index contributed by atoms with van der Waals surface area (Å²) >= 11 is 0. The Bertz CT molecular complexity index is 123. The summed E-state index contributed by atoms with van der Waals surface area (Å²) in [6, 6.07) is 0. The van der Waals surface area contributed by atoms with Crippen molar-refractivity contribution in [3.63, 3.8) is 0 Å². The van der Waals surface area contributed by atoms with Gasteiger partial charge in [0.15, 0.2) is 0 Å². The summed E-state index contributed by atoms with van der Waals surface area (Å²) in [5, 5.41) is 0. The van der Waals surface area contributed by atoms with E-state index in [9.17, 15) is 0 Å². The van der Waals surface area contributed by atoms with E-state index in [1.165, 1.54) is 0 Å². The summed E-state index contributed by atoms with van der Waals surface area (Å²) in [4.78, 5) is 0. The van der Waals surface area contributed by atoms with Crippen LogP contribution in [0, 0.1) is 35.5 Å². The highest BCUT2D eigenvalue weighted by atomic mass is 14.2. The van der Waals surface area contributed by atoms with Crippen molar-refractivity contribution in [2.75, 3.05) is 0 Å². The molecule has 0 saturated heterocycles. The van der Waals surface area contributed by atoms with E-state index in [1.807, 2.05) is 13.8 Å². The normalized spacial score (nSPS) is 10.2. The lowest BCUT2D eigenvalue weighted by atomic mass is 9.88. The molecular formula is C20H48. The first-order valence-corrected chi connectivity index (χ1v) is 8.93. The van der Waals surface area contributed by atoms with Crippen molar-refractivity contribution >= 4 is 0 Å². The predicted octanol–water partition coefficient (Wildman–Crippen LogP) is 7.92. The smallest absolute Gasteiger partial charge is 0.0396 e. The Morgan fingerprint density at radius 1 is 0.350 bits per heavy atom. The Morgan fingerprint density at radius 3 is 0.500 bits per heavy atom. The highest BCUT2D eigenvalue weighted by Crippen LogP contribution is 2.18. The molecule has 0 spiro atoms. The first kappa shape index (κ1) is 28.2. The van der Waals surface area contributed by atoms with Crippen LogP contribution in [0.5, 0.6) is 0 Å². The van der Waals surface area contributed by atoms with Crippen LogP contribution in [0.2, 0.25) is 0 Å². The second-order valence-electron chi connectivity index (χ2n) is 7.57. The molecule has 128 valence electrons. The fraction of sp³-hybridized carbons (Fsp3) is 1.00. The molecule has 0 nitrogen and oxygen atoms in total. The molecule has 0 amide bonds. The van der Waals surface area contributed by atoms with Crippen molar-refractivity contribution in [1.29, 1.82) is 0 Å². The van der Waals surface area contributed by atoms with Gasteiger partial charge in [0.2, 0.25) is 0 Å². The fourth-order valence-electron chi connectivity index (χ4n) is 0.770. The first-order chi connectivity index (χ1) is 8.93. The zero-order valence-electron chi connectivity index (χ0n) is 17.5. The second-order valence-corrected chi connectivity index (χ2v) is 7.57. The molecule has 0 aliphatic rings. The molecule has 0 heteroatoms. The fourth-order valence-corrected chi connectivity index (χ4v) is 0.770. The van der Waals surface area contributed by atoms with E-state index in [0.29, 0.717) is 0 Å². The molecule has 0 atom stereocenters. The van der Waals surface area contributed by atoms with Crippen molar-refractivity contribution in [1.82, 2.24) is 0 Å². The molecule has 0 aliphatic heterocycles. The molecule has 0 aromatic carbocycles.